The molecule has 2 amide bonds. The number of nitrogens with one attached hydrogen (secondary N) is 1. The van der Waals surface area contributed by atoms with Gasteiger partial charge in [-0.25, -0.2) is 9.07 Å². The Hall–Kier alpha value is -3.33. The molecule has 0 bridgehead atoms. The van der Waals surface area contributed by atoms with Crippen LogP contribution >= 0.6 is 0 Å². The van der Waals surface area contributed by atoms with Crippen molar-refractivity contribution in [3.8, 4) is 0 Å². The van der Waals surface area contributed by atoms with Crippen LogP contribution in [0.5, 0.6) is 0 Å². The number of benzene rings is 2. The SMILES string of the molecule is O=C(NC1CCCCC1)[C@H](c1ccc(F)cc1)N(C[C@@H]1CCCO1)C(=O)Cn1nnc2ccccc21. The first-order valence-electron chi connectivity index (χ1n) is 12.8. The Morgan fingerprint density at radius 3 is 2.58 bits per heavy atom. The molecule has 9 heteroatoms. The van der Waals surface area contributed by atoms with E-state index in [9.17, 15) is 14.0 Å². The lowest BCUT2D eigenvalue weighted by Gasteiger charge is -2.34. The van der Waals surface area contributed by atoms with Gasteiger partial charge in [-0.2, -0.15) is 0 Å². The van der Waals surface area contributed by atoms with E-state index >= 15 is 0 Å². The maximum atomic E-state index is 13.8. The second-order valence-corrected chi connectivity index (χ2v) is 9.71. The van der Waals surface area contributed by atoms with E-state index in [0.717, 1.165) is 44.0 Å². The lowest BCUT2D eigenvalue weighted by Crippen LogP contribution is -2.49. The van der Waals surface area contributed by atoms with Crippen LogP contribution in [0.2, 0.25) is 0 Å². The Kier molecular flexibility index (Phi) is 7.55. The quantitative estimate of drug-likeness (QED) is 0.516. The van der Waals surface area contributed by atoms with Gasteiger partial charge in [-0.1, -0.05) is 48.7 Å². The lowest BCUT2D eigenvalue weighted by molar-refractivity contribution is -0.143. The molecule has 190 valence electrons. The zero-order chi connectivity index (χ0) is 24.9. The summed E-state index contributed by atoms with van der Waals surface area (Å²) < 4.78 is 21.2. The van der Waals surface area contributed by atoms with E-state index in [1.165, 1.54) is 18.6 Å². The molecule has 0 spiro atoms. The highest BCUT2D eigenvalue weighted by atomic mass is 19.1. The largest absolute Gasteiger partial charge is 0.376 e. The fourth-order valence-corrected chi connectivity index (χ4v) is 5.26. The van der Waals surface area contributed by atoms with Gasteiger partial charge in [0.25, 0.3) is 0 Å². The molecule has 2 aliphatic rings. The molecular weight excluding hydrogens is 461 g/mol. The number of hydrogen-bond donors (Lipinski definition) is 1. The molecule has 1 aliphatic heterocycles. The molecule has 1 N–H and O–H groups in total. The van der Waals surface area contributed by atoms with Crippen molar-refractivity contribution < 1.29 is 18.7 Å². The number of carbonyl (C=O) groups is 2. The maximum absolute atomic E-state index is 13.8. The number of aromatic nitrogens is 3. The summed E-state index contributed by atoms with van der Waals surface area (Å²) in [5.41, 5.74) is 2.01. The van der Waals surface area contributed by atoms with Crippen molar-refractivity contribution in [2.75, 3.05) is 13.2 Å². The summed E-state index contributed by atoms with van der Waals surface area (Å²) in [5, 5.41) is 11.5. The average Bonchev–Trinajstić information content (AvgIpc) is 3.56. The standard InChI is InChI=1S/C27H32FN5O3/c28-20-14-12-19(13-15-20)26(27(35)29-21-7-2-1-3-8-21)32(17-22-9-6-16-36-22)25(34)18-33-24-11-5-4-10-23(24)30-31-33/h4-5,10-15,21-22,26H,1-3,6-9,16-18H2,(H,29,35)/t22-,26-/m0/s1. The van der Waals surface area contributed by atoms with Gasteiger partial charge in [-0.15, -0.1) is 5.10 Å². The van der Waals surface area contributed by atoms with E-state index in [-0.39, 0.29) is 37.0 Å². The first-order valence-corrected chi connectivity index (χ1v) is 12.8. The zero-order valence-corrected chi connectivity index (χ0v) is 20.3. The number of amides is 2. The average molecular weight is 494 g/mol. The fraction of sp³-hybridized carbons (Fsp3) is 0.481. The van der Waals surface area contributed by atoms with Crippen molar-refractivity contribution >= 4 is 22.8 Å². The van der Waals surface area contributed by atoms with Crippen LogP contribution < -0.4 is 5.32 Å². The number of fused-ring (bicyclic) bond motifs is 1. The molecule has 2 heterocycles. The van der Waals surface area contributed by atoms with Crippen molar-refractivity contribution in [2.45, 2.75) is 69.7 Å². The van der Waals surface area contributed by atoms with E-state index in [4.69, 9.17) is 4.74 Å². The van der Waals surface area contributed by atoms with Gasteiger partial charge in [0.15, 0.2) is 0 Å². The zero-order valence-electron chi connectivity index (χ0n) is 20.3. The van der Waals surface area contributed by atoms with Crippen LogP contribution in [0.4, 0.5) is 4.39 Å². The predicted octanol–water partition coefficient (Wildman–Crippen LogP) is 3.77. The minimum atomic E-state index is -0.904. The van der Waals surface area contributed by atoms with E-state index in [2.05, 4.69) is 15.6 Å². The third-order valence-electron chi connectivity index (χ3n) is 7.15. The topological polar surface area (TPSA) is 89.4 Å². The molecular formula is C27H32FN5O3. The van der Waals surface area contributed by atoms with Crippen molar-refractivity contribution in [3.63, 3.8) is 0 Å². The van der Waals surface area contributed by atoms with Gasteiger partial charge < -0.3 is 15.0 Å². The summed E-state index contributed by atoms with van der Waals surface area (Å²) in [7, 11) is 0. The molecule has 2 atom stereocenters. The second-order valence-electron chi connectivity index (χ2n) is 9.71. The monoisotopic (exact) mass is 493 g/mol. The molecule has 2 aromatic carbocycles. The van der Waals surface area contributed by atoms with Crippen molar-refractivity contribution in [2.24, 2.45) is 0 Å². The number of rotatable bonds is 8. The molecule has 8 nitrogen and oxygen atoms in total. The van der Waals surface area contributed by atoms with Gasteiger partial charge in [0.1, 0.15) is 23.9 Å². The van der Waals surface area contributed by atoms with Crippen LogP contribution in [0.3, 0.4) is 0 Å². The summed E-state index contributed by atoms with van der Waals surface area (Å²) in [6.45, 7) is 0.836. The normalized spacial score (nSPS) is 19.3. The van der Waals surface area contributed by atoms with E-state index in [1.54, 1.807) is 21.7 Å². The highest BCUT2D eigenvalue weighted by Crippen LogP contribution is 2.27. The Morgan fingerprint density at radius 2 is 1.83 bits per heavy atom. The Bertz CT molecular complexity index is 1190. The van der Waals surface area contributed by atoms with Crippen LogP contribution in [-0.4, -0.2) is 57.0 Å². The third kappa shape index (κ3) is 5.56. The molecule has 1 aliphatic carbocycles. The Labute approximate surface area is 209 Å². The minimum Gasteiger partial charge on any atom is -0.376 e. The number of carbonyl (C=O) groups excluding carboxylic acids is 2. The minimum absolute atomic E-state index is 0.0678. The molecule has 2 fully saturated rings. The molecule has 3 aromatic rings. The van der Waals surface area contributed by atoms with Crippen molar-refractivity contribution in [1.82, 2.24) is 25.2 Å². The Morgan fingerprint density at radius 1 is 1.06 bits per heavy atom. The van der Waals surface area contributed by atoms with E-state index in [0.29, 0.717) is 17.7 Å². The first-order chi connectivity index (χ1) is 17.6. The lowest BCUT2D eigenvalue weighted by atomic mass is 9.94. The van der Waals surface area contributed by atoms with Crippen LogP contribution in [-0.2, 0) is 20.9 Å². The number of para-hydroxylation sites is 1. The molecule has 36 heavy (non-hydrogen) atoms. The molecule has 5 rings (SSSR count). The number of ether oxygens (including phenoxy) is 1. The summed E-state index contributed by atoms with van der Waals surface area (Å²) in [4.78, 5) is 29.2. The van der Waals surface area contributed by atoms with Gasteiger partial charge in [-0.3, -0.25) is 9.59 Å². The van der Waals surface area contributed by atoms with Gasteiger partial charge >= 0.3 is 0 Å². The van der Waals surface area contributed by atoms with Crippen molar-refractivity contribution in [1.29, 1.82) is 0 Å². The predicted molar refractivity (Wildman–Crippen MR) is 132 cm³/mol. The first kappa shape index (κ1) is 24.4. The highest BCUT2D eigenvalue weighted by Gasteiger charge is 2.35. The van der Waals surface area contributed by atoms with Crippen LogP contribution in [0.1, 0.15) is 56.6 Å². The van der Waals surface area contributed by atoms with Crippen LogP contribution in [0.25, 0.3) is 11.0 Å². The van der Waals surface area contributed by atoms with Gasteiger partial charge in [-0.05, 0) is 55.5 Å². The number of nitrogens with zero attached hydrogens (tertiary/aromatic N) is 4. The fourth-order valence-electron chi connectivity index (χ4n) is 5.26. The molecule has 1 saturated heterocycles. The van der Waals surface area contributed by atoms with Crippen molar-refractivity contribution in [3.05, 3.63) is 59.9 Å². The third-order valence-corrected chi connectivity index (χ3v) is 7.15. The van der Waals surface area contributed by atoms with E-state index < -0.39 is 11.9 Å². The summed E-state index contributed by atoms with van der Waals surface area (Å²) in [6, 6.07) is 12.4. The number of hydrogen-bond acceptors (Lipinski definition) is 5. The van der Waals surface area contributed by atoms with E-state index in [1.807, 2.05) is 24.3 Å². The van der Waals surface area contributed by atoms with Gasteiger partial charge in [0.2, 0.25) is 11.8 Å². The molecule has 0 radical (unpaired) electrons. The Balaban J connectivity index is 1.46. The number of halogens is 1. The van der Waals surface area contributed by atoms with Gasteiger partial charge in [0.05, 0.1) is 11.6 Å². The molecule has 1 aromatic heterocycles. The maximum Gasteiger partial charge on any atom is 0.247 e. The second kappa shape index (κ2) is 11.2. The summed E-state index contributed by atoms with van der Waals surface area (Å²) in [6.07, 6.45) is 6.73. The smallest absolute Gasteiger partial charge is 0.247 e. The molecule has 1 saturated carbocycles. The molecule has 0 unspecified atom stereocenters. The summed E-state index contributed by atoms with van der Waals surface area (Å²) >= 11 is 0. The highest BCUT2D eigenvalue weighted by molar-refractivity contribution is 5.89. The van der Waals surface area contributed by atoms with Crippen LogP contribution in [0.15, 0.2) is 48.5 Å². The van der Waals surface area contributed by atoms with Gasteiger partial charge in [0, 0.05) is 19.2 Å². The summed E-state index contributed by atoms with van der Waals surface area (Å²) in [5.74, 6) is -0.908. The van der Waals surface area contributed by atoms with Crippen LogP contribution in [0, 0.1) is 5.82 Å².